The summed E-state index contributed by atoms with van der Waals surface area (Å²) in [5.74, 6) is 0.128. The van der Waals surface area contributed by atoms with Crippen LogP contribution in [0.15, 0.2) is 42.6 Å². The van der Waals surface area contributed by atoms with E-state index in [0.29, 0.717) is 43.0 Å². The summed E-state index contributed by atoms with van der Waals surface area (Å²) in [6, 6.07) is 11.6. The van der Waals surface area contributed by atoms with E-state index >= 15 is 0 Å². The van der Waals surface area contributed by atoms with Crippen molar-refractivity contribution in [3.8, 4) is 5.88 Å². The van der Waals surface area contributed by atoms with Crippen LogP contribution in [0.1, 0.15) is 22.3 Å². The van der Waals surface area contributed by atoms with Crippen molar-refractivity contribution in [3.05, 3.63) is 58.2 Å². The van der Waals surface area contributed by atoms with Gasteiger partial charge >= 0.3 is 5.97 Å². The minimum Gasteiger partial charge on any atom is -0.475 e. The molecule has 4 aromatic rings. The van der Waals surface area contributed by atoms with Crippen molar-refractivity contribution in [2.75, 3.05) is 26.9 Å². The Morgan fingerprint density at radius 3 is 2.83 bits per heavy atom. The van der Waals surface area contributed by atoms with Gasteiger partial charge in [0.25, 0.3) is 0 Å². The van der Waals surface area contributed by atoms with Gasteiger partial charge in [-0.05, 0) is 36.6 Å². The highest BCUT2D eigenvalue weighted by molar-refractivity contribution is 7.19. The second-order valence-corrected chi connectivity index (χ2v) is 8.26. The molecule has 0 radical (unpaired) electrons. The Hall–Kier alpha value is -2.61. The molecular formula is C22H21ClN2O4S. The Morgan fingerprint density at radius 2 is 2.03 bits per heavy atom. The molecule has 0 unspecified atom stereocenters. The lowest BCUT2D eigenvalue weighted by atomic mass is 10.2. The number of carbonyl (C=O) groups excluding carboxylic acids is 1. The molecule has 8 heteroatoms. The molecule has 30 heavy (non-hydrogen) atoms. The maximum absolute atomic E-state index is 12.6. The highest BCUT2D eigenvalue weighted by Gasteiger charge is 2.19. The molecule has 0 saturated carbocycles. The fourth-order valence-electron chi connectivity index (χ4n) is 3.29. The van der Waals surface area contributed by atoms with Crippen LogP contribution >= 0.6 is 22.9 Å². The van der Waals surface area contributed by atoms with Gasteiger partial charge in [0.2, 0.25) is 5.88 Å². The number of rotatable bonds is 8. The van der Waals surface area contributed by atoms with E-state index in [9.17, 15) is 4.79 Å². The lowest BCUT2D eigenvalue weighted by Gasteiger charge is -2.09. The van der Waals surface area contributed by atoms with Gasteiger partial charge < -0.3 is 18.8 Å². The zero-order valence-electron chi connectivity index (χ0n) is 16.7. The van der Waals surface area contributed by atoms with Crippen LogP contribution in [-0.4, -0.2) is 42.5 Å². The fourth-order valence-corrected chi connectivity index (χ4v) is 4.62. The molecule has 0 atom stereocenters. The average molecular weight is 445 g/mol. The van der Waals surface area contributed by atoms with Crippen LogP contribution < -0.4 is 4.74 Å². The van der Waals surface area contributed by atoms with Crippen LogP contribution in [0.4, 0.5) is 0 Å². The number of methoxy groups -OCH3 is 1. The number of halogens is 1. The van der Waals surface area contributed by atoms with Gasteiger partial charge in [-0.2, -0.15) is 0 Å². The number of ether oxygens (including phenoxy) is 3. The number of benzene rings is 1. The number of esters is 1. The third-order valence-electron chi connectivity index (χ3n) is 4.63. The van der Waals surface area contributed by atoms with Gasteiger partial charge in [-0.3, -0.25) is 0 Å². The molecule has 1 aromatic carbocycles. The molecule has 156 valence electrons. The molecular weight excluding hydrogens is 424 g/mol. The van der Waals surface area contributed by atoms with Crippen LogP contribution in [0.3, 0.4) is 0 Å². The van der Waals surface area contributed by atoms with Crippen molar-refractivity contribution < 1.29 is 19.0 Å². The second kappa shape index (κ2) is 9.04. The van der Waals surface area contributed by atoms with Gasteiger partial charge in [0.15, 0.2) is 0 Å². The Morgan fingerprint density at radius 1 is 1.17 bits per heavy atom. The van der Waals surface area contributed by atoms with E-state index in [1.807, 2.05) is 34.9 Å². The second-order valence-electron chi connectivity index (χ2n) is 6.65. The zero-order valence-corrected chi connectivity index (χ0v) is 18.3. The Labute approximate surface area is 182 Å². The van der Waals surface area contributed by atoms with Gasteiger partial charge in [0, 0.05) is 33.2 Å². The number of thiophene rings is 1. The molecule has 4 rings (SSSR count). The normalized spacial score (nSPS) is 11.3. The molecule has 0 amide bonds. The Bertz CT molecular complexity index is 1200. The molecule has 0 saturated heterocycles. The monoisotopic (exact) mass is 444 g/mol. The summed E-state index contributed by atoms with van der Waals surface area (Å²) in [6.45, 7) is 3.52. The largest absolute Gasteiger partial charge is 0.475 e. The smallest absolute Gasteiger partial charge is 0.354 e. The van der Waals surface area contributed by atoms with Crippen LogP contribution in [0, 0.1) is 0 Å². The van der Waals surface area contributed by atoms with Gasteiger partial charge in [-0.15, -0.1) is 11.3 Å². The van der Waals surface area contributed by atoms with Gasteiger partial charge in [-0.25, -0.2) is 9.78 Å². The molecule has 3 aromatic heterocycles. The van der Waals surface area contributed by atoms with Crippen LogP contribution in [0.25, 0.3) is 21.0 Å². The van der Waals surface area contributed by atoms with E-state index in [1.54, 1.807) is 31.6 Å². The fraction of sp³-hybridized carbons (Fsp3) is 0.273. The molecule has 3 heterocycles. The number of nitrogens with zero attached hydrogens (tertiary/aromatic N) is 2. The van der Waals surface area contributed by atoms with Crippen LogP contribution in [-0.2, 0) is 16.0 Å². The highest BCUT2D eigenvalue weighted by Crippen LogP contribution is 2.31. The third-order valence-corrected chi connectivity index (χ3v) is 5.95. The summed E-state index contributed by atoms with van der Waals surface area (Å²) in [5, 5.41) is 2.70. The van der Waals surface area contributed by atoms with Crippen molar-refractivity contribution in [2.24, 2.45) is 0 Å². The molecule has 0 N–H and O–H groups in total. The summed E-state index contributed by atoms with van der Waals surface area (Å²) >= 11 is 7.78. The summed E-state index contributed by atoms with van der Waals surface area (Å²) in [4.78, 5) is 18.1. The summed E-state index contributed by atoms with van der Waals surface area (Å²) in [6.07, 6.45) is 1.73. The van der Waals surface area contributed by atoms with E-state index in [2.05, 4.69) is 11.1 Å². The predicted octanol–water partition coefficient (Wildman–Crippen LogP) is 5.15. The molecule has 0 aliphatic heterocycles. The number of fused-ring (bicyclic) bond motifs is 2. The van der Waals surface area contributed by atoms with Gasteiger partial charge in [0.05, 0.1) is 31.5 Å². The van der Waals surface area contributed by atoms with Crippen molar-refractivity contribution >= 4 is 49.9 Å². The minimum atomic E-state index is -0.361. The standard InChI is InChI=1S/C22H21ClN2O4S/c1-3-28-22(26)18-9-15-10-21(29-7-6-27-2)24-12-19(15)25(18)13-17-8-14-4-5-16(23)11-20(14)30-17/h4-5,8-12H,3,6-7,13H2,1-2H3. The summed E-state index contributed by atoms with van der Waals surface area (Å²) in [5.41, 5.74) is 1.32. The average Bonchev–Trinajstić information content (AvgIpc) is 3.29. The zero-order chi connectivity index (χ0) is 21.1. The molecule has 0 fully saturated rings. The number of aromatic nitrogens is 2. The molecule has 0 aliphatic carbocycles. The first-order valence-electron chi connectivity index (χ1n) is 9.55. The van der Waals surface area contributed by atoms with Crippen LogP contribution in [0.5, 0.6) is 5.88 Å². The third kappa shape index (κ3) is 4.28. The van der Waals surface area contributed by atoms with E-state index in [1.165, 1.54) is 0 Å². The first-order valence-corrected chi connectivity index (χ1v) is 10.7. The van der Waals surface area contributed by atoms with Crippen molar-refractivity contribution in [3.63, 3.8) is 0 Å². The minimum absolute atomic E-state index is 0.311. The first kappa shape index (κ1) is 20.7. The van der Waals surface area contributed by atoms with E-state index in [-0.39, 0.29) is 5.97 Å². The predicted molar refractivity (Wildman–Crippen MR) is 119 cm³/mol. The van der Waals surface area contributed by atoms with Crippen LogP contribution in [0.2, 0.25) is 5.02 Å². The Kier molecular flexibility index (Phi) is 6.22. The number of pyridine rings is 1. The number of carbonyl (C=O) groups is 1. The highest BCUT2D eigenvalue weighted by atomic mass is 35.5. The summed E-state index contributed by atoms with van der Waals surface area (Å²) in [7, 11) is 1.62. The molecule has 6 nitrogen and oxygen atoms in total. The summed E-state index contributed by atoms with van der Waals surface area (Å²) < 4.78 is 18.9. The van der Waals surface area contributed by atoms with Gasteiger partial charge in [0.1, 0.15) is 12.3 Å². The maximum atomic E-state index is 12.6. The van der Waals surface area contributed by atoms with Crippen molar-refractivity contribution in [1.82, 2.24) is 9.55 Å². The van der Waals surface area contributed by atoms with E-state index < -0.39 is 0 Å². The quantitative estimate of drug-likeness (QED) is 0.277. The van der Waals surface area contributed by atoms with Crippen molar-refractivity contribution in [2.45, 2.75) is 13.5 Å². The lowest BCUT2D eigenvalue weighted by Crippen LogP contribution is -2.12. The number of hydrogen-bond acceptors (Lipinski definition) is 6. The maximum Gasteiger partial charge on any atom is 0.354 e. The lowest BCUT2D eigenvalue weighted by molar-refractivity contribution is 0.0515. The molecule has 0 spiro atoms. The van der Waals surface area contributed by atoms with Crippen molar-refractivity contribution in [1.29, 1.82) is 0 Å². The number of hydrogen-bond donors (Lipinski definition) is 0. The van der Waals surface area contributed by atoms with E-state index in [4.69, 9.17) is 25.8 Å². The van der Waals surface area contributed by atoms with Gasteiger partial charge in [-0.1, -0.05) is 17.7 Å². The Balaban J connectivity index is 1.72. The first-order chi connectivity index (χ1) is 14.6. The molecule has 0 bridgehead atoms. The topological polar surface area (TPSA) is 62.6 Å². The molecule has 0 aliphatic rings. The van der Waals surface area contributed by atoms with E-state index in [0.717, 1.165) is 25.9 Å². The SMILES string of the molecule is CCOC(=O)c1cc2cc(OCCOC)ncc2n1Cc1cc2ccc(Cl)cc2s1.